The number of thiocarbonyl (C=S) groups is 1. The summed E-state index contributed by atoms with van der Waals surface area (Å²) in [7, 11) is 4.11. The molecule has 2 unspecified atom stereocenters. The molecule has 1 aliphatic rings. The molecule has 2 rings (SSSR count). The predicted molar refractivity (Wildman–Crippen MR) is 82.6 cm³/mol. The summed E-state index contributed by atoms with van der Waals surface area (Å²) >= 11 is 4.96. The molecule has 1 heterocycles. The van der Waals surface area contributed by atoms with Crippen LogP contribution in [0.3, 0.4) is 0 Å². The monoisotopic (exact) mass is 279 g/mol. The second kappa shape index (κ2) is 5.86. The molecule has 5 heteroatoms. The second-order valence-electron chi connectivity index (χ2n) is 5.37. The molecule has 0 aliphatic carbocycles. The Labute approximate surface area is 119 Å². The summed E-state index contributed by atoms with van der Waals surface area (Å²) in [4.78, 5) is 4.82. The van der Waals surface area contributed by atoms with Crippen molar-refractivity contribution in [3.8, 4) is 0 Å². The van der Waals surface area contributed by atoms with Gasteiger partial charge in [-0.25, -0.2) is 0 Å². The van der Waals surface area contributed by atoms with E-state index in [1.54, 1.807) is 0 Å². The van der Waals surface area contributed by atoms with Crippen molar-refractivity contribution in [1.82, 2.24) is 4.90 Å². The minimum atomic E-state index is -0.250. The van der Waals surface area contributed by atoms with Gasteiger partial charge in [0.1, 0.15) is 4.99 Å². The van der Waals surface area contributed by atoms with Gasteiger partial charge in [0.25, 0.3) is 0 Å². The van der Waals surface area contributed by atoms with Crippen LogP contribution in [-0.2, 0) is 0 Å². The zero-order valence-electron chi connectivity index (χ0n) is 11.4. The van der Waals surface area contributed by atoms with E-state index in [0.29, 0.717) is 17.6 Å². The van der Waals surface area contributed by atoms with Crippen molar-refractivity contribution < 1.29 is 5.11 Å². The van der Waals surface area contributed by atoms with Gasteiger partial charge in [0.15, 0.2) is 0 Å². The highest BCUT2D eigenvalue weighted by molar-refractivity contribution is 7.80. The molecular formula is C14H21N3OS. The second-order valence-corrected chi connectivity index (χ2v) is 5.81. The highest BCUT2D eigenvalue weighted by Gasteiger charge is 2.31. The number of nitrogens with zero attached hydrogens (tertiary/aromatic N) is 2. The van der Waals surface area contributed by atoms with Crippen molar-refractivity contribution in [2.45, 2.75) is 18.6 Å². The van der Waals surface area contributed by atoms with Gasteiger partial charge in [-0.3, -0.25) is 0 Å². The fourth-order valence-corrected chi connectivity index (χ4v) is 2.76. The zero-order valence-corrected chi connectivity index (χ0v) is 12.2. The SMILES string of the molecule is CN(C)CC1CC(O)CN1c1ccc(C(N)=S)cc1. The van der Waals surface area contributed by atoms with E-state index in [4.69, 9.17) is 18.0 Å². The molecule has 3 N–H and O–H groups in total. The van der Waals surface area contributed by atoms with Crippen molar-refractivity contribution in [1.29, 1.82) is 0 Å². The maximum atomic E-state index is 9.89. The Morgan fingerprint density at radius 3 is 2.58 bits per heavy atom. The van der Waals surface area contributed by atoms with E-state index in [2.05, 4.69) is 23.9 Å². The van der Waals surface area contributed by atoms with Crippen LogP contribution in [0.5, 0.6) is 0 Å². The normalized spacial score (nSPS) is 23.1. The fraction of sp³-hybridized carbons (Fsp3) is 0.500. The summed E-state index contributed by atoms with van der Waals surface area (Å²) in [6.07, 6.45) is 0.565. The maximum Gasteiger partial charge on any atom is 0.103 e. The third kappa shape index (κ3) is 3.43. The van der Waals surface area contributed by atoms with Crippen LogP contribution in [0.2, 0.25) is 0 Å². The standard InChI is InChI=1S/C14H21N3OS/c1-16(2)8-12-7-13(18)9-17(12)11-5-3-10(4-6-11)14(15)19/h3-6,12-13,18H,7-9H2,1-2H3,(H2,15,19). The highest BCUT2D eigenvalue weighted by Crippen LogP contribution is 2.26. The van der Waals surface area contributed by atoms with Gasteiger partial charge in [-0.2, -0.15) is 0 Å². The number of aliphatic hydroxyl groups is 1. The minimum Gasteiger partial charge on any atom is -0.391 e. The Balaban J connectivity index is 2.16. The summed E-state index contributed by atoms with van der Waals surface area (Å²) in [5.41, 5.74) is 7.60. The molecule has 104 valence electrons. The van der Waals surface area contributed by atoms with E-state index < -0.39 is 0 Å². The van der Waals surface area contributed by atoms with Gasteiger partial charge in [-0.05, 0) is 44.8 Å². The lowest BCUT2D eigenvalue weighted by Gasteiger charge is -2.28. The first-order valence-corrected chi connectivity index (χ1v) is 6.87. The highest BCUT2D eigenvalue weighted by atomic mass is 32.1. The van der Waals surface area contributed by atoms with E-state index in [0.717, 1.165) is 24.2 Å². The van der Waals surface area contributed by atoms with E-state index in [-0.39, 0.29) is 6.10 Å². The van der Waals surface area contributed by atoms with Crippen LogP contribution in [0.4, 0.5) is 5.69 Å². The maximum absolute atomic E-state index is 9.89. The van der Waals surface area contributed by atoms with Gasteiger partial charge in [0, 0.05) is 30.4 Å². The first kappa shape index (κ1) is 14.2. The Kier molecular flexibility index (Phi) is 4.39. The number of hydrogen-bond donors (Lipinski definition) is 2. The molecule has 0 amide bonds. The predicted octanol–water partition coefficient (Wildman–Crippen LogP) is 0.822. The number of hydrogen-bond acceptors (Lipinski definition) is 4. The summed E-state index contributed by atoms with van der Waals surface area (Å²) < 4.78 is 0. The lowest BCUT2D eigenvalue weighted by molar-refractivity contribution is 0.191. The number of nitrogens with two attached hydrogens (primary N) is 1. The summed E-state index contributed by atoms with van der Waals surface area (Å²) in [5.74, 6) is 0. The van der Waals surface area contributed by atoms with Gasteiger partial charge in [-0.1, -0.05) is 12.2 Å². The van der Waals surface area contributed by atoms with Gasteiger partial charge in [0.2, 0.25) is 0 Å². The van der Waals surface area contributed by atoms with Crippen molar-refractivity contribution in [3.05, 3.63) is 29.8 Å². The molecule has 0 saturated carbocycles. The average molecular weight is 279 g/mol. The Hall–Kier alpha value is -1.17. The van der Waals surface area contributed by atoms with Crippen LogP contribution < -0.4 is 10.6 Å². The molecule has 1 aromatic rings. The molecule has 1 fully saturated rings. The summed E-state index contributed by atoms with van der Waals surface area (Å²) in [6, 6.07) is 8.27. The largest absolute Gasteiger partial charge is 0.391 e. The number of anilines is 1. The van der Waals surface area contributed by atoms with Gasteiger partial charge >= 0.3 is 0 Å². The van der Waals surface area contributed by atoms with Crippen molar-refractivity contribution in [2.24, 2.45) is 5.73 Å². The number of aliphatic hydroxyl groups excluding tert-OH is 1. The minimum absolute atomic E-state index is 0.250. The molecule has 0 spiro atoms. The van der Waals surface area contributed by atoms with E-state index in [1.807, 2.05) is 24.3 Å². The van der Waals surface area contributed by atoms with Crippen LogP contribution in [-0.4, -0.2) is 54.3 Å². The zero-order chi connectivity index (χ0) is 14.0. The van der Waals surface area contributed by atoms with Crippen molar-refractivity contribution in [2.75, 3.05) is 32.1 Å². The van der Waals surface area contributed by atoms with E-state index >= 15 is 0 Å². The summed E-state index contributed by atoms with van der Waals surface area (Å²) in [6.45, 7) is 1.62. The molecule has 1 saturated heterocycles. The van der Waals surface area contributed by atoms with E-state index in [1.165, 1.54) is 0 Å². The Bertz CT molecular complexity index is 447. The third-order valence-corrected chi connectivity index (χ3v) is 3.69. The summed E-state index contributed by atoms with van der Waals surface area (Å²) in [5, 5.41) is 9.89. The fourth-order valence-electron chi connectivity index (χ4n) is 2.62. The average Bonchev–Trinajstić information content (AvgIpc) is 2.69. The topological polar surface area (TPSA) is 52.7 Å². The first-order chi connectivity index (χ1) is 8.97. The van der Waals surface area contributed by atoms with Gasteiger partial charge in [0.05, 0.1) is 6.10 Å². The van der Waals surface area contributed by atoms with Crippen molar-refractivity contribution >= 4 is 22.9 Å². The molecule has 1 aromatic carbocycles. The van der Waals surface area contributed by atoms with Gasteiger partial charge < -0.3 is 20.6 Å². The molecule has 0 radical (unpaired) electrons. The molecule has 1 aliphatic heterocycles. The van der Waals surface area contributed by atoms with Crippen LogP contribution in [0.1, 0.15) is 12.0 Å². The van der Waals surface area contributed by atoms with Gasteiger partial charge in [-0.15, -0.1) is 0 Å². The molecule has 0 bridgehead atoms. The lowest BCUT2D eigenvalue weighted by atomic mass is 10.1. The van der Waals surface area contributed by atoms with E-state index in [9.17, 15) is 5.11 Å². The molecule has 0 aromatic heterocycles. The lowest BCUT2D eigenvalue weighted by Crippen LogP contribution is -2.37. The molecule has 19 heavy (non-hydrogen) atoms. The van der Waals surface area contributed by atoms with Crippen LogP contribution >= 0.6 is 12.2 Å². The molecular weight excluding hydrogens is 258 g/mol. The van der Waals surface area contributed by atoms with Crippen LogP contribution in [0.15, 0.2) is 24.3 Å². The Morgan fingerprint density at radius 1 is 1.42 bits per heavy atom. The van der Waals surface area contributed by atoms with Crippen molar-refractivity contribution in [3.63, 3.8) is 0 Å². The number of benzene rings is 1. The number of β-amino-alcohol motifs (C(OH)–C–C–N with tert-alkyl or cyclic N) is 1. The van der Waals surface area contributed by atoms with Crippen LogP contribution in [0.25, 0.3) is 0 Å². The molecule has 2 atom stereocenters. The number of rotatable bonds is 4. The Morgan fingerprint density at radius 2 is 2.05 bits per heavy atom. The smallest absolute Gasteiger partial charge is 0.103 e. The number of likely N-dealkylation sites (N-methyl/N-ethyl adjacent to an activating group) is 1. The third-order valence-electron chi connectivity index (χ3n) is 3.45. The van der Waals surface area contributed by atoms with Crippen LogP contribution in [0, 0.1) is 0 Å². The quantitative estimate of drug-likeness (QED) is 0.799. The first-order valence-electron chi connectivity index (χ1n) is 6.46. The molecule has 4 nitrogen and oxygen atoms in total.